The lowest BCUT2D eigenvalue weighted by Gasteiger charge is -2.19. The molecule has 0 radical (unpaired) electrons. The summed E-state index contributed by atoms with van der Waals surface area (Å²) in [5.41, 5.74) is 3.00. The van der Waals surface area contributed by atoms with Gasteiger partial charge in [0.15, 0.2) is 0 Å². The molecule has 2 heterocycles. The van der Waals surface area contributed by atoms with Crippen molar-refractivity contribution in [3.8, 4) is 11.4 Å². The van der Waals surface area contributed by atoms with Gasteiger partial charge in [0.25, 0.3) is 0 Å². The number of hydrogen-bond donors (Lipinski definition) is 0. The van der Waals surface area contributed by atoms with Crippen molar-refractivity contribution in [2.24, 2.45) is 5.92 Å². The minimum Gasteiger partial charge on any atom is -0.260 e. The average Bonchev–Trinajstić information content (AvgIpc) is 2.86. The Labute approximate surface area is 113 Å². The summed E-state index contributed by atoms with van der Waals surface area (Å²) in [7, 11) is 0. The standard InChI is InChI=1S/C14H18ClN3/c1-10(2)11(3)18-13(6-8-17-18)14-12(9-15)5-4-7-16-14/h4-8,10-11H,9H2,1-3H3. The van der Waals surface area contributed by atoms with E-state index in [9.17, 15) is 0 Å². The zero-order valence-electron chi connectivity index (χ0n) is 11.0. The van der Waals surface area contributed by atoms with Gasteiger partial charge in [-0.3, -0.25) is 9.67 Å². The van der Waals surface area contributed by atoms with Crippen molar-refractivity contribution in [3.05, 3.63) is 36.2 Å². The van der Waals surface area contributed by atoms with Crippen molar-refractivity contribution in [1.82, 2.24) is 14.8 Å². The highest BCUT2D eigenvalue weighted by atomic mass is 35.5. The highest BCUT2D eigenvalue weighted by Crippen LogP contribution is 2.27. The molecule has 1 atom stereocenters. The van der Waals surface area contributed by atoms with E-state index in [2.05, 4.69) is 30.9 Å². The summed E-state index contributed by atoms with van der Waals surface area (Å²) in [6, 6.07) is 6.25. The summed E-state index contributed by atoms with van der Waals surface area (Å²) in [6.45, 7) is 6.55. The van der Waals surface area contributed by atoms with Gasteiger partial charge in [-0.1, -0.05) is 19.9 Å². The van der Waals surface area contributed by atoms with Crippen molar-refractivity contribution in [2.75, 3.05) is 0 Å². The SMILES string of the molecule is CC(C)C(C)n1nccc1-c1ncccc1CCl. The lowest BCUT2D eigenvalue weighted by atomic mass is 10.1. The van der Waals surface area contributed by atoms with Gasteiger partial charge >= 0.3 is 0 Å². The molecule has 0 aliphatic rings. The Balaban J connectivity index is 2.49. The summed E-state index contributed by atoms with van der Waals surface area (Å²) in [4.78, 5) is 4.45. The van der Waals surface area contributed by atoms with Crippen LogP contribution in [-0.4, -0.2) is 14.8 Å². The van der Waals surface area contributed by atoms with E-state index in [-0.39, 0.29) is 0 Å². The third kappa shape index (κ3) is 2.41. The fourth-order valence-electron chi connectivity index (χ4n) is 1.89. The number of aromatic nitrogens is 3. The topological polar surface area (TPSA) is 30.7 Å². The van der Waals surface area contributed by atoms with Gasteiger partial charge < -0.3 is 0 Å². The zero-order valence-corrected chi connectivity index (χ0v) is 11.7. The molecule has 2 rings (SSSR count). The van der Waals surface area contributed by atoms with Gasteiger partial charge in [0.05, 0.1) is 17.4 Å². The minimum atomic E-state index is 0.334. The largest absolute Gasteiger partial charge is 0.260 e. The second kappa shape index (κ2) is 5.53. The number of hydrogen-bond acceptors (Lipinski definition) is 2. The van der Waals surface area contributed by atoms with Gasteiger partial charge in [0.1, 0.15) is 0 Å². The number of nitrogens with zero attached hydrogens (tertiary/aromatic N) is 3. The van der Waals surface area contributed by atoms with Crippen LogP contribution in [0.3, 0.4) is 0 Å². The van der Waals surface area contributed by atoms with Gasteiger partial charge in [0.2, 0.25) is 0 Å². The highest BCUT2D eigenvalue weighted by molar-refractivity contribution is 6.17. The van der Waals surface area contributed by atoms with Crippen LogP contribution >= 0.6 is 11.6 Å². The second-order valence-electron chi connectivity index (χ2n) is 4.79. The molecule has 4 heteroatoms. The molecule has 0 fully saturated rings. The van der Waals surface area contributed by atoms with Crippen LogP contribution in [0.1, 0.15) is 32.4 Å². The summed E-state index contributed by atoms with van der Waals surface area (Å²) in [5.74, 6) is 0.983. The molecule has 0 aliphatic carbocycles. The predicted molar refractivity (Wildman–Crippen MR) is 74.6 cm³/mol. The minimum absolute atomic E-state index is 0.334. The maximum absolute atomic E-state index is 5.97. The van der Waals surface area contributed by atoms with Crippen molar-refractivity contribution >= 4 is 11.6 Å². The van der Waals surface area contributed by atoms with Gasteiger partial charge in [-0.05, 0) is 30.5 Å². The molecule has 0 N–H and O–H groups in total. The van der Waals surface area contributed by atoms with Crippen molar-refractivity contribution in [2.45, 2.75) is 32.7 Å². The van der Waals surface area contributed by atoms with Crippen LogP contribution in [-0.2, 0) is 5.88 Å². The van der Waals surface area contributed by atoms with Crippen LogP contribution in [0.25, 0.3) is 11.4 Å². The first-order chi connectivity index (χ1) is 8.65. The Bertz CT molecular complexity index is 519. The molecule has 2 aromatic rings. The van der Waals surface area contributed by atoms with Gasteiger partial charge in [-0.2, -0.15) is 5.10 Å². The lowest BCUT2D eigenvalue weighted by molar-refractivity contribution is 0.378. The first-order valence-electron chi connectivity index (χ1n) is 6.19. The summed E-state index contributed by atoms with van der Waals surface area (Å²) in [6.07, 6.45) is 3.61. The number of halogens is 1. The van der Waals surface area contributed by atoms with Gasteiger partial charge in [0, 0.05) is 18.3 Å². The van der Waals surface area contributed by atoms with Crippen LogP contribution in [0.5, 0.6) is 0 Å². The Morgan fingerprint density at radius 1 is 1.22 bits per heavy atom. The Morgan fingerprint density at radius 3 is 2.67 bits per heavy atom. The van der Waals surface area contributed by atoms with Crippen molar-refractivity contribution in [3.63, 3.8) is 0 Å². The van der Waals surface area contributed by atoms with Crippen LogP contribution in [0.2, 0.25) is 0 Å². The quantitative estimate of drug-likeness (QED) is 0.784. The third-order valence-electron chi connectivity index (χ3n) is 3.30. The van der Waals surface area contributed by atoms with E-state index in [0.29, 0.717) is 17.8 Å². The number of rotatable bonds is 4. The van der Waals surface area contributed by atoms with Crippen LogP contribution in [0, 0.1) is 5.92 Å². The Morgan fingerprint density at radius 2 is 2.00 bits per heavy atom. The van der Waals surface area contributed by atoms with E-state index in [0.717, 1.165) is 17.0 Å². The molecular weight excluding hydrogens is 246 g/mol. The molecule has 0 amide bonds. The molecule has 18 heavy (non-hydrogen) atoms. The molecule has 1 unspecified atom stereocenters. The monoisotopic (exact) mass is 263 g/mol. The molecule has 96 valence electrons. The fraction of sp³-hybridized carbons (Fsp3) is 0.429. The first-order valence-corrected chi connectivity index (χ1v) is 6.72. The Hall–Kier alpha value is -1.35. The Kier molecular flexibility index (Phi) is 4.02. The lowest BCUT2D eigenvalue weighted by Crippen LogP contribution is -2.14. The molecule has 0 saturated heterocycles. The maximum atomic E-state index is 5.97. The van der Waals surface area contributed by atoms with Crippen LogP contribution in [0.4, 0.5) is 0 Å². The zero-order chi connectivity index (χ0) is 13.1. The van der Waals surface area contributed by atoms with E-state index < -0.39 is 0 Å². The average molecular weight is 264 g/mol. The van der Waals surface area contributed by atoms with E-state index in [1.54, 1.807) is 6.20 Å². The van der Waals surface area contributed by atoms with E-state index in [4.69, 9.17) is 11.6 Å². The van der Waals surface area contributed by atoms with Crippen LogP contribution in [0.15, 0.2) is 30.6 Å². The third-order valence-corrected chi connectivity index (χ3v) is 3.59. The number of alkyl halides is 1. The maximum Gasteiger partial charge on any atom is 0.0927 e. The molecule has 0 aromatic carbocycles. The molecule has 0 spiro atoms. The fourth-order valence-corrected chi connectivity index (χ4v) is 2.10. The summed E-state index contributed by atoms with van der Waals surface area (Å²) < 4.78 is 2.03. The molecule has 3 nitrogen and oxygen atoms in total. The molecular formula is C14H18ClN3. The molecule has 0 saturated carbocycles. The van der Waals surface area contributed by atoms with E-state index in [1.807, 2.05) is 29.1 Å². The predicted octanol–water partition coefficient (Wildman–Crippen LogP) is 3.90. The first kappa shape index (κ1) is 13.1. The van der Waals surface area contributed by atoms with E-state index in [1.165, 1.54) is 0 Å². The normalized spacial score (nSPS) is 12.9. The van der Waals surface area contributed by atoms with Gasteiger partial charge in [-0.25, -0.2) is 0 Å². The smallest absolute Gasteiger partial charge is 0.0927 e. The molecule has 0 aliphatic heterocycles. The van der Waals surface area contributed by atoms with Crippen molar-refractivity contribution in [1.29, 1.82) is 0 Å². The summed E-state index contributed by atoms with van der Waals surface area (Å²) >= 11 is 5.97. The van der Waals surface area contributed by atoms with Crippen molar-refractivity contribution < 1.29 is 0 Å². The van der Waals surface area contributed by atoms with E-state index >= 15 is 0 Å². The second-order valence-corrected chi connectivity index (χ2v) is 5.06. The summed E-state index contributed by atoms with van der Waals surface area (Å²) in [5, 5.41) is 4.42. The van der Waals surface area contributed by atoms with Gasteiger partial charge in [-0.15, -0.1) is 11.6 Å². The van der Waals surface area contributed by atoms with Crippen LogP contribution < -0.4 is 0 Å². The highest BCUT2D eigenvalue weighted by Gasteiger charge is 2.17. The molecule has 0 bridgehead atoms. The molecule has 2 aromatic heterocycles. The number of pyridine rings is 1.